The van der Waals surface area contributed by atoms with Crippen molar-refractivity contribution < 1.29 is 19.1 Å². The third kappa shape index (κ3) is 3.31. The molecule has 0 N–H and O–H groups in total. The summed E-state index contributed by atoms with van der Waals surface area (Å²) < 4.78 is 10.2. The van der Waals surface area contributed by atoms with Crippen molar-refractivity contribution in [2.24, 2.45) is 17.8 Å². The number of ether oxygens (including phenoxy) is 2. The minimum atomic E-state index is -0.725. The summed E-state index contributed by atoms with van der Waals surface area (Å²) in [6, 6.07) is 0. The lowest BCUT2D eigenvalue weighted by Crippen LogP contribution is -2.52. The maximum absolute atomic E-state index is 11.9. The van der Waals surface area contributed by atoms with E-state index < -0.39 is 11.9 Å². The van der Waals surface area contributed by atoms with E-state index in [1.165, 1.54) is 19.3 Å². The van der Waals surface area contributed by atoms with E-state index in [0.29, 0.717) is 17.8 Å². The van der Waals surface area contributed by atoms with Gasteiger partial charge in [-0.3, -0.25) is 0 Å². The van der Waals surface area contributed by atoms with Crippen LogP contribution in [0.4, 0.5) is 0 Å². The Labute approximate surface area is 129 Å². The molecule has 4 saturated carbocycles. The van der Waals surface area contributed by atoms with Crippen LogP contribution in [0, 0.1) is 17.8 Å². The van der Waals surface area contributed by atoms with Gasteiger partial charge in [-0.05, 0) is 74.5 Å². The van der Waals surface area contributed by atoms with Crippen LogP contribution >= 0.6 is 11.6 Å². The minimum absolute atomic E-state index is 0.223. The number of hydrogen-bond donors (Lipinski definition) is 0. The first kappa shape index (κ1) is 14.6. The zero-order valence-electron chi connectivity index (χ0n) is 11.8. The molecule has 4 fully saturated rings. The topological polar surface area (TPSA) is 52.6 Å². The Hall–Kier alpha value is -1.29. The largest absolute Gasteiger partial charge is 0.456 e. The van der Waals surface area contributed by atoms with Gasteiger partial charge in [0.25, 0.3) is 0 Å². The maximum atomic E-state index is 11.9. The highest BCUT2D eigenvalue weighted by molar-refractivity contribution is 6.28. The van der Waals surface area contributed by atoms with Gasteiger partial charge in [0.05, 0.1) is 0 Å². The molecule has 4 nitrogen and oxygen atoms in total. The van der Waals surface area contributed by atoms with E-state index >= 15 is 0 Å². The number of carbonyl (C=O) groups is 2. The molecule has 0 radical (unpaired) electrons. The summed E-state index contributed by atoms with van der Waals surface area (Å²) in [7, 11) is 0. The molecule has 21 heavy (non-hydrogen) atoms. The minimum Gasteiger partial charge on any atom is -0.456 e. The van der Waals surface area contributed by atoms with Crippen molar-refractivity contribution in [3.05, 3.63) is 23.9 Å². The van der Waals surface area contributed by atoms with Crippen molar-refractivity contribution in [2.45, 2.75) is 44.1 Å². The van der Waals surface area contributed by atoms with Gasteiger partial charge in [0.15, 0.2) is 5.22 Å². The fraction of sp³-hybridized carbons (Fsp3) is 0.625. The number of rotatable bonds is 4. The Balaban J connectivity index is 1.59. The van der Waals surface area contributed by atoms with Crippen LogP contribution in [0.5, 0.6) is 0 Å². The quantitative estimate of drug-likeness (QED) is 0.454. The molecule has 0 aromatic heterocycles. The summed E-state index contributed by atoms with van der Waals surface area (Å²) >= 11 is 5.35. The lowest BCUT2D eigenvalue weighted by molar-refractivity contribution is -0.181. The zero-order valence-corrected chi connectivity index (χ0v) is 12.6. The molecule has 0 aromatic rings. The molecule has 0 aromatic carbocycles. The third-order valence-electron chi connectivity index (χ3n) is 4.87. The molecular formula is C16H19ClO4. The summed E-state index contributed by atoms with van der Waals surface area (Å²) in [4.78, 5) is 23.2. The Kier molecular flexibility index (Phi) is 3.82. The number of esters is 2. The summed E-state index contributed by atoms with van der Waals surface area (Å²) in [5.41, 5.74) is -0.295. The van der Waals surface area contributed by atoms with E-state index in [1.54, 1.807) is 0 Å². The van der Waals surface area contributed by atoms with Crippen molar-refractivity contribution in [3.63, 3.8) is 0 Å². The Morgan fingerprint density at radius 1 is 1.00 bits per heavy atom. The second kappa shape index (κ2) is 5.48. The maximum Gasteiger partial charge on any atom is 0.337 e. The van der Waals surface area contributed by atoms with Gasteiger partial charge in [0.2, 0.25) is 0 Å². The lowest BCUT2D eigenvalue weighted by Gasteiger charge is -2.55. The molecule has 4 aliphatic carbocycles. The van der Waals surface area contributed by atoms with Crippen molar-refractivity contribution in [2.75, 3.05) is 0 Å². The molecule has 0 amide bonds. The van der Waals surface area contributed by atoms with Crippen molar-refractivity contribution in [1.29, 1.82) is 0 Å². The van der Waals surface area contributed by atoms with Gasteiger partial charge in [-0.25, -0.2) is 9.59 Å². The predicted molar refractivity (Wildman–Crippen MR) is 77.2 cm³/mol. The molecule has 0 spiro atoms. The normalized spacial score (nSPS) is 36.7. The average molecular weight is 311 g/mol. The Morgan fingerprint density at radius 2 is 1.48 bits per heavy atom. The van der Waals surface area contributed by atoms with Crippen LogP contribution in [0.15, 0.2) is 23.9 Å². The van der Waals surface area contributed by atoms with Crippen LogP contribution in [0.3, 0.4) is 0 Å². The average Bonchev–Trinajstić information content (AvgIpc) is 2.33. The molecule has 4 rings (SSSR count). The van der Waals surface area contributed by atoms with Crippen molar-refractivity contribution in [1.82, 2.24) is 0 Å². The first-order valence-electron chi connectivity index (χ1n) is 7.41. The van der Waals surface area contributed by atoms with Crippen LogP contribution < -0.4 is 0 Å². The summed E-state index contributed by atoms with van der Waals surface area (Å²) in [6.45, 7) is 3.24. The van der Waals surface area contributed by atoms with Gasteiger partial charge < -0.3 is 9.47 Å². The van der Waals surface area contributed by atoms with Crippen molar-refractivity contribution in [3.8, 4) is 0 Å². The monoisotopic (exact) mass is 310 g/mol. The van der Waals surface area contributed by atoms with Crippen LogP contribution in [0.25, 0.3) is 0 Å². The number of carbonyl (C=O) groups excluding carboxylic acids is 2. The first-order chi connectivity index (χ1) is 9.94. The number of halogens is 1. The molecular weight excluding hydrogens is 292 g/mol. The smallest absolute Gasteiger partial charge is 0.337 e. The van der Waals surface area contributed by atoms with Gasteiger partial charge in [-0.1, -0.05) is 0 Å². The summed E-state index contributed by atoms with van der Waals surface area (Å²) in [6.07, 6.45) is 8.92. The Morgan fingerprint density at radius 3 is 1.95 bits per heavy atom. The van der Waals surface area contributed by atoms with Gasteiger partial charge in [0.1, 0.15) is 5.60 Å². The van der Waals surface area contributed by atoms with Crippen molar-refractivity contribution >= 4 is 23.5 Å². The molecule has 0 saturated heterocycles. The molecule has 4 bridgehead atoms. The van der Waals surface area contributed by atoms with Gasteiger partial charge >= 0.3 is 11.9 Å². The van der Waals surface area contributed by atoms with Gasteiger partial charge in [0, 0.05) is 12.2 Å². The molecule has 0 heterocycles. The molecule has 0 atom stereocenters. The second-order valence-corrected chi connectivity index (χ2v) is 7.05. The van der Waals surface area contributed by atoms with Crippen LogP contribution in [0.2, 0.25) is 0 Å². The van der Waals surface area contributed by atoms with E-state index in [1.807, 2.05) is 0 Å². The van der Waals surface area contributed by atoms with Gasteiger partial charge in [-0.15, -0.1) is 0 Å². The fourth-order valence-electron chi connectivity index (χ4n) is 4.68. The number of hydrogen-bond acceptors (Lipinski definition) is 4. The third-order valence-corrected chi connectivity index (χ3v) is 4.94. The lowest BCUT2D eigenvalue weighted by atomic mass is 9.54. The van der Waals surface area contributed by atoms with Crippen LogP contribution in [0.1, 0.15) is 38.5 Å². The van der Waals surface area contributed by atoms with Crippen LogP contribution in [-0.2, 0) is 19.1 Å². The summed E-state index contributed by atoms with van der Waals surface area (Å²) in [5, 5.41) is -0.223. The van der Waals surface area contributed by atoms with E-state index in [4.69, 9.17) is 16.3 Å². The summed E-state index contributed by atoms with van der Waals surface area (Å²) in [5.74, 6) is 0.916. The molecule has 0 unspecified atom stereocenters. The van der Waals surface area contributed by atoms with E-state index in [-0.39, 0.29) is 10.8 Å². The standard InChI is InChI=1S/C16H19ClO4/c1-10(17)20-14(18)2-3-15(19)21-16-7-11-4-12(8-16)6-13(5-11)9-16/h2-3,11-13H,1,4-9H2/b3-2+. The fourth-order valence-corrected chi connectivity index (χ4v) is 4.76. The molecule has 0 aliphatic heterocycles. The molecule has 4 aliphatic rings. The Bertz CT molecular complexity index is 473. The highest BCUT2D eigenvalue weighted by Gasteiger charge is 2.53. The second-order valence-electron chi connectivity index (χ2n) is 6.63. The SMILES string of the molecule is C=C(Cl)OC(=O)/C=C/C(=O)OC12CC3CC(CC(C3)C1)C2. The molecule has 114 valence electrons. The zero-order chi connectivity index (χ0) is 15.0. The molecule has 5 heteroatoms. The van der Waals surface area contributed by atoms with Crippen LogP contribution in [-0.4, -0.2) is 17.5 Å². The first-order valence-corrected chi connectivity index (χ1v) is 7.79. The van der Waals surface area contributed by atoms with E-state index in [9.17, 15) is 9.59 Å². The predicted octanol–water partition coefficient (Wildman–Crippen LogP) is 3.31. The highest BCUT2D eigenvalue weighted by Crippen LogP contribution is 2.57. The highest BCUT2D eigenvalue weighted by atomic mass is 35.5. The van der Waals surface area contributed by atoms with Gasteiger partial charge in [-0.2, -0.15) is 0 Å². The van der Waals surface area contributed by atoms with E-state index in [2.05, 4.69) is 11.3 Å². The van der Waals surface area contributed by atoms with E-state index in [0.717, 1.165) is 31.4 Å².